The van der Waals surface area contributed by atoms with Crippen LogP contribution in [-0.4, -0.2) is 54.0 Å². The van der Waals surface area contributed by atoms with Gasteiger partial charge in [0.1, 0.15) is 0 Å². The molecule has 7 heteroatoms. The topological polar surface area (TPSA) is 64.1 Å². The van der Waals surface area contributed by atoms with Crippen LogP contribution in [0.15, 0.2) is 23.2 Å². The number of nitrogens with one attached hydrogen (secondary N) is 2. The van der Waals surface area contributed by atoms with Gasteiger partial charge in [0.25, 0.3) is 0 Å². The van der Waals surface area contributed by atoms with Gasteiger partial charge in [0, 0.05) is 27.2 Å². The fraction of sp³-hybridized carbons (Fsp3) is 0.533. The molecule has 126 valence electrons. The molecule has 22 heavy (non-hydrogen) atoms. The molecule has 0 spiro atoms. The summed E-state index contributed by atoms with van der Waals surface area (Å²) in [5.74, 6) is 2.26. The Labute approximate surface area is 149 Å². The second-order valence-corrected chi connectivity index (χ2v) is 4.36. The van der Waals surface area contributed by atoms with Gasteiger partial charge in [-0.15, -0.1) is 24.0 Å². The van der Waals surface area contributed by atoms with Crippen LogP contribution < -0.4 is 20.1 Å². The molecule has 1 aromatic carbocycles. The third-order valence-corrected chi connectivity index (χ3v) is 2.98. The number of guanidine groups is 1. The van der Waals surface area contributed by atoms with Crippen LogP contribution in [0, 0.1) is 0 Å². The molecule has 0 aromatic heterocycles. The van der Waals surface area contributed by atoms with Crippen LogP contribution in [0.25, 0.3) is 0 Å². The van der Waals surface area contributed by atoms with Crippen LogP contribution >= 0.6 is 24.0 Å². The number of benzene rings is 1. The van der Waals surface area contributed by atoms with Gasteiger partial charge in [0.15, 0.2) is 17.5 Å². The summed E-state index contributed by atoms with van der Waals surface area (Å²) in [6, 6.07) is 5.94. The molecule has 0 unspecified atom stereocenters. The molecule has 0 amide bonds. The quantitative estimate of drug-likeness (QED) is 0.288. The van der Waals surface area contributed by atoms with Crippen molar-refractivity contribution in [2.75, 3.05) is 48.1 Å². The summed E-state index contributed by atoms with van der Waals surface area (Å²) >= 11 is 0. The van der Waals surface area contributed by atoms with Gasteiger partial charge in [-0.3, -0.25) is 4.99 Å². The van der Waals surface area contributed by atoms with E-state index in [9.17, 15) is 0 Å². The molecule has 0 fully saturated rings. The molecule has 0 saturated heterocycles. The highest BCUT2D eigenvalue weighted by molar-refractivity contribution is 14.0. The second-order valence-electron chi connectivity index (χ2n) is 4.36. The highest BCUT2D eigenvalue weighted by Gasteiger charge is 2.04. The molecule has 0 atom stereocenters. The monoisotopic (exact) mass is 423 g/mol. The van der Waals surface area contributed by atoms with E-state index in [0.29, 0.717) is 6.61 Å². The molecule has 0 radical (unpaired) electrons. The van der Waals surface area contributed by atoms with Gasteiger partial charge in [-0.25, -0.2) is 0 Å². The Kier molecular flexibility index (Phi) is 11.7. The first-order valence-electron chi connectivity index (χ1n) is 6.89. The average Bonchev–Trinajstić information content (AvgIpc) is 2.53. The number of hydrogen-bond acceptors (Lipinski definition) is 4. The van der Waals surface area contributed by atoms with E-state index in [1.807, 2.05) is 18.2 Å². The van der Waals surface area contributed by atoms with E-state index in [1.54, 1.807) is 28.4 Å². The van der Waals surface area contributed by atoms with Gasteiger partial charge in [-0.1, -0.05) is 6.07 Å². The minimum absolute atomic E-state index is 0. The average molecular weight is 423 g/mol. The summed E-state index contributed by atoms with van der Waals surface area (Å²) < 4.78 is 15.5. The Morgan fingerprint density at radius 1 is 1.05 bits per heavy atom. The number of methoxy groups -OCH3 is 3. The normalized spacial score (nSPS) is 10.6. The van der Waals surface area contributed by atoms with Gasteiger partial charge in [0.05, 0.1) is 20.8 Å². The lowest BCUT2D eigenvalue weighted by molar-refractivity contribution is 0.203. The van der Waals surface area contributed by atoms with Crippen molar-refractivity contribution in [3.05, 3.63) is 23.8 Å². The minimum Gasteiger partial charge on any atom is -0.493 e. The summed E-state index contributed by atoms with van der Waals surface area (Å²) in [6.45, 7) is 2.16. The molecule has 0 aliphatic carbocycles. The molecule has 6 nitrogen and oxygen atoms in total. The third-order valence-electron chi connectivity index (χ3n) is 2.98. The lowest BCUT2D eigenvalue weighted by Gasteiger charge is -2.12. The Morgan fingerprint density at radius 3 is 2.32 bits per heavy atom. The molecular weight excluding hydrogens is 397 g/mol. The molecule has 2 N–H and O–H groups in total. The summed E-state index contributed by atoms with van der Waals surface area (Å²) in [5.41, 5.74) is 1.17. The minimum atomic E-state index is 0. The zero-order chi connectivity index (χ0) is 15.5. The Hall–Kier alpha value is -1.22. The Bertz CT molecular complexity index is 456. The van der Waals surface area contributed by atoms with Crippen molar-refractivity contribution in [3.63, 3.8) is 0 Å². The van der Waals surface area contributed by atoms with E-state index in [4.69, 9.17) is 14.2 Å². The van der Waals surface area contributed by atoms with E-state index in [0.717, 1.165) is 37.0 Å². The molecular formula is C15H26IN3O3. The van der Waals surface area contributed by atoms with E-state index in [-0.39, 0.29) is 24.0 Å². The van der Waals surface area contributed by atoms with Crippen molar-refractivity contribution in [2.24, 2.45) is 4.99 Å². The summed E-state index contributed by atoms with van der Waals surface area (Å²) in [6.07, 6.45) is 0.866. The van der Waals surface area contributed by atoms with Crippen LogP contribution in [0.1, 0.15) is 5.56 Å². The maximum absolute atomic E-state index is 5.30. The van der Waals surface area contributed by atoms with E-state index in [2.05, 4.69) is 15.6 Å². The first kappa shape index (κ1) is 20.8. The lowest BCUT2D eigenvalue weighted by Crippen LogP contribution is -2.39. The molecule has 0 aliphatic rings. The first-order chi connectivity index (χ1) is 10.2. The van der Waals surface area contributed by atoms with Gasteiger partial charge >= 0.3 is 0 Å². The predicted molar refractivity (Wildman–Crippen MR) is 99.9 cm³/mol. The van der Waals surface area contributed by atoms with Crippen molar-refractivity contribution < 1.29 is 14.2 Å². The van der Waals surface area contributed by atoms with Crippen molar-refractivity contribution in [1.82, 2.24) is 10.6 Å². The number of nitrogens with zero attached hydrogens (tertiary/aromatic N) is 1. The number of ether oxygens (including phenoxy) is 3. The summed E-state index contributed by atoms with van der Waals surface area (Å²) in [7, 11) is 6.70. The van der Waals surface area contributed by atoms with Crippen molar-refractivity contribution >= 4 is 29.9 Å². The number of rotatable bonds is 8. The predicted octanol–water partition coefficient (Wildman–Crippen LogP) is 1.68. The van der Waals surface area contributed by atoms with Crippen LogP contribution in [0.3, 0.4) is 0 Å². The van der Waals surface area contributed by atoms with Crippen LogP contribution in [0.4, 0.5) is 0 Å². The van der Waals surface area contributed by atoms with Crippen molar-refractivity contribution in [3.8, 4) is 11.5 Å². The maximum Gasteiger partial charge on any atom is 0.191 e. The largest absolute Gasteiger partial charge is 0.493 e. The van der Waals surface area contributed by atoms with Crippen LogP contribution in [0.5, 0.6) is 11.5 Å². The van der Waals surface area contributed by atoms with Gasteiger partial charge in [-0.2, -0.15) is 0 Å². The highest BCUT2D eigenvalue weighted by Crippen LogP contribution is 2.27. The number of aliphatic imine (C=N–C) groups is 1. The number of halogens is 1. The molecule has 0 saturated carbocycles. The fourth-order valence-corrected chi connectivity index (χ4v) is 1.85. The van der Waals surface area contributed by atoms with Gasteiger partial charge in [-0.05, 0) is 24.1 Å². The standard InChI is InChI=1S/C15H25N3O3.HI/c1-16-15(18-9-10-19-2)17-8-7-12-5-6-13(20-3)14(11-12)21-4;/h5-6,11H,7-10H2,1-4H3,(H2,16,17,18);1H. The van der Waals surface area contributed by atoms with E-state index < -0.39 is 0 Å². The molecule has 1 rings (SSSR count). The zero-order valence-corrected chi connectivity index (χ0v) is 16.0. The summed E-state index contributed by atoms with van der Waals surface area (Å²) in [5, 5.41) is 6.42. The number of hydrogen-bond donors (Lipinski definition) is 2. The maximum atomic E-state index is 5.30. The lowest BCUT2D eigenvalue weighted by atomic mass is 10.1. The Morgan fingerprint density at radius 2 is 1.73 bits per heavy atom. The van der Waals surface area contributed by atoms with Crippen LogP contribution in [-0.2, 0) is 11.2 Å². The smallest absolute Gasteiger partial charge is 0.191 e. The van der Waals surface area contributed by atoms with E-state index in [1.165, 1.54) is 5.56 Å². The zero-order valence-electron chi connectivity index (χ0n) is 13.6. The Balaban J connectivity index is 0.00000441. The third kappa shape index (κ3) is 7.17. The van der Waals surface area contributed by atoms with Crippen molar-refractivity contribution in [1.29, 1.82) is 0 Å². The van der Waals surface area contributed by atoms with E-state index >= 15 is 0 Å². The molecule has 0 bridgehead atoms. The first-order valence-corrected chi connectivity index (χ1v) is 6.89. The fourth-order valence-electron chi connectivity index (χ4n) is 1.85. The molecule has 0 heterocycles. The van der Waals surface area contributed by atoms with Crippen LogP contribution in [0.2, 0.25) is 0 Å². The van der Waals surface area contributed by atoms with Gasteiger partial charge in [0.2, 0.25) is 0 Å². The molecule has 1 aromatic rings. The SMILES string of the molecule is CN=C(NCCOC)NCCc1ccc(OC)c(OC)c1.I. The van der Waals surface area contributed by atoms with Crippen molar-refractivity contribution in [2.45, 2.75) is 6.42 Å². The molecule has 0 aliphatic heterocycles. The second kappa shape index (κ2) is 12.3. The van der Waals surface area contributed by atoms with Gasteiger partial charge < -0.3 is 24.8 Å². The highest BCUT2D eigenvalue weighted by atomic mass is 127. The summed E-state index contributed by atoms with van der Waals surface area (Å²) in [4.78, 5) is 4.15.